The van der Waals surface area contributed by atoms with Crippen LogP contribution in [0.4, 0.5) is 4.39 Å². The van der Waals surface area contributed by atoms with Gasteiger partial charge < -0.3 is 10.6 Å². The number of likely N-dealkylation sites (tertiary alicyclic amines) is 1. The number of halogens is 2. The van der Waals surface area contributed by atoms with Gasteiger partial charge in [-0.3, -0.25) is 4.79 Å². The second-order valence-corrected chi connectivity index (χ2v) is 5.24. The van der Waals surface area contributed by atoms with Gasteiger partial charge in [-0.1, -0.05) is 0 Å². The summed E-state index contributed by atoms with van der Waals surface area (Å²) in [7, 11) is 0. The van der Waals surface area contributed by atoms with Gasteiger partial charge in [-0.25, -0.2) is 4.39 Å². The van der Waals surface area contributed by atoms with Gasteiger partial charge in [-0.05, 0) is 62.9 Å². The number of hydrogen-bond donors (Lipinski definition) is 1. The average Bonchev–Trinajstić information content (AvgIpc) is 2.38. The number of piperidine rings is 1. The summed E-state index contributed by atoms with van der Waals surface area (Å²) < 4.78 is 13.4. The minimum atomic E-state index is -0.351. The van der Waals surface area contributed by atoms with Crippen LogP contribution in [0.1, 0.15) is 41.6 Å². The first-order chi connectivity index (χ1) is 9.11. The molecule has 0 aliphatic carbocycles. The molecule has 3 nitrogen and oxygen atoms in total. The minimum absolute atomic E-state index is 0. The van der Waals surface area contributed by atoms with Crippen molar-refractivity contribution in [3.05, 3.63) is 35.1 Å². The van der Waals surface area contributed by atoms with Crippen LogP contribution in [-0.4, -0.2) is 29.9 Å². The number of hydrogen-bond acceptors (Lipinski definition) is 2. The molecule has 2 rings (SSSR count). The van der Waals surface area contributed by atoms with Crippen LogP contribution >= 0.6 is 12.4 Å². The Bertz CT molecular complexity index is 445. The van der Waals surface area contributed by atoms with E-state index in [4.69, 9.17) is 5.73 Å². The van der Waals surface area contributed by atoms with Crippen LogP contribution in [0.25, 0.3) is 0 Å². The molecule has 1 heterocycles. The van der Waals surface area contributed by atoms with Crippen molar-refractivity contribution in [1.82, 2.24) is 4.90 Å². The number of nitrogens with two attached hydrogens (primary N) is 1. The van der Waals surface area contributed by atoms with Crippen molar-refractivity contribution in [2.24, 2.45) is 5.73 Å². The van der Waals surface area contributed by atoms with Crippen molar-refractivity contribution >= 4 is 18.3 Å². The zero-order chi connectivity index (χ0) is 13.8. The predicted octanol–water partition coefficient (Wildman–Crippen LogP) is 2.90. The van der Waals surface area contributed by atoms with Crippen molar-refractivity contribution in [3.8, 4) is 0 Å². The first kappa shape index (κ1) is 16.9. The first-order valence-corrected chi connectivity index (χ1v) is 6.90. The molecule has 1 saturated heterocycles. The molecule has 20 heavy (non-hydrogen) atoms. The zero-order valence-electron chi connectivity index (χ0n) is 11.8. The van der Waals surface area contributed by atoms with Gasteiger partial charge in [0.2, 0.25) is 0 Å². The van der Waals surface area contributed by atoms with Crippen LogP contribution in [0.5, 0.6) is 0 Å². The summed E-state index contributed by atoms with van der Waals surface area (Å²) in [6, 6.07) is 4.71. The minimum Gasteiger partial charge on any atom is -0.336 e. The maximum absolute atomic E-state index is 13.4. The number of amides is 1. The van der Waals surface area contributed by atoms with E-state index in [9.17, 15) is 9.18 Å². The maximum atomic E-state index is 13.4. The van der Waals surface area contributed by atoms with Crippen molar-refractivity contribution in [2.45, 2.75) is 38.6 Å². The Morgan fingerprint density at radius 2 is 2.15 bits per heavy atom. The molecule has 0 radical (unpaired) electrons. The smallest absolute Gasteiger partial charge is 0.254 e. The molecule has 0 bridgehead atoms. The van der Waals surface area contributed by atoms with E-state index >= 15 is 0 Å². The fourth-order valence-electron chi connectivity index (χ4n) is 2.79. The predicted molar refractivity (Wildman–Crippen MR) is 80.7 cm³/mol. The molecule has 1 aromatic carbocycles. The molecule has 1 atom stereocenters. The van der Waals surface area contributed by atoms with Crippen LogP contribution in [0.3, 0.4) is 0 Å². The number of carbonyl (C=O) groups is 1. The van der Waals surface area contributed by atoms with Crippen molar-refractivity contribution < 1.29 is 9.18 Å². The van der Waals surface area contributed by atoms with E-state index in [-0.39, 0.29) is 30.2 Å². The van der Waals surface area contributed by atoms with Crippen LogP contribution in [-0.2, 0) is 0 Å². The Morgan fingerprint density at radius 3 is 2.80 bits per heavy atom. The fourth-order valence-corrected chi connectivity index (χ4v) is 2.79. The Labute approximate surface area is 125 Å². The fraction of sp³-hybridized carbons (Fsp3) is 0.533. The van der Waals surface area contributed by atoms with Gasteiger partial charge in [-0.15, -0.1) is 12.4 Å². The zero-order valence-corrected chi connectivity index (χ0v) is 12.6. The number of carbonyl (C=O) groups excluding carboxylic acids is 1. The SMILES string of the molecule is Cc1cc(F)cc(C(=O)N2CCCCC2CCN)c1.Cl. The summed E-state index contributed by atoms with van der Waals surface area (Å²) >= 11 is 0. The quantitative estimate of drug-likeness (QED) is 0.933. The molecule has 1 aliphatic rings. The summed E-state index contributed by atoms with van der Waals surface area (Å²) in [4.78, 5) is 14.4. The lowest BCUT2D eigenvalue weighted by Crippen LogP contribution is -2.44. The van der Waals surface area contributed by atoms with Crippen LogP contribution < -0.4 is 5.73 Å². The van der Waals surface area contributed by atoms with E-state index < -0.39 is 0 Å². The first-order valence-electron chi connectivity index (χ1n) is 6.90. The second kappa shape index (κ2) is 7.60. The number of benzene rings is 1. The molecular weight excluding hydrogens is 279 g/mol. The average molecular weight is 301 g/mol. The number of aryl methyl sites for hydroxylation is 1. The highest BCUT2D eigenvalue weighted by Crippen LogP contribution is 2.22. The largest absolute Gasteiger partial charge is 0.336 e. The Hall–Kier alpha value is -1.13. The molecule has 5 heteroatoms. The molecule has 2 N–H and O–H groups in total. The number of nitrogens with zero attached hydrogens (tertiary/aromatic N) is 1. The third kappa shape index (κ3) is 3.93. The third-order valence-corrected chi connectivity index (χ3v) is 3.68. The van der Waals surface area contributed by atoms with Gasteiger partial charge >= 0.3 is 0 Å². The second-order valence-electron chi connectivity index (χ2n) is 5.24. The summed E-state index contributed by atoms with van der Waals surface area (Å²) in [5, 5.41) is 0. The van der Waals surface area contributed by atoms with Gasteiger partial charge in [0.25, 0.3) is 5.91 Å². The molecular formula is C15H22ClFN2O. The molecule has 112 valence electrons. The Balaban J connectivity index is 0.00000200. The van der Waals surface area contributed by atoms with Gasteiger partial charge in [-0.2, -0.15) is 0 Å². The van der Waals surface area contributed by atoms with E-state index in [2.05, 4.69) is 0 Å². The summed E-state index contributed by atoms with van der Waals surface area (Å²) in [5.41, 5.74) is 6.83. The molecule has 1 aromatic rings. The van der Waals surface area contributed by atoms with Crippen LogP contribution in [0, 0.1) is 12.7 Å². The van der Waals surface area contributed by atoms with E-state index in [1.54, 1.807) is 13.0 Å². The van der Waals surface area contributed by atoms with Crippen molar-refractivity contribution in [3.63, 3.8) is 0 Å². The molecule has 0 aromatic heterocycles. The highest BCUT2D eigenvalue weighted by Gasteiger charge is 2.27. The summed E-state index contributed by atoms with van der Waals surface area (Å²) in [5.74, 6) is -0.420. The molecule has 1 fully saturated rings. The topological polar surface area (TPSA) is 46.3 Å². The molecule has 1 unspecified atom stereocenters. The van der Waals surface area contributed by atoms with Crippen LogP contribution in [0.15, 0.2) is 18.2 Å². The molecule has 0 spiro atoms. The third-order valence-electron chi connectivity index (χ3n) is 3.68. The normalized spacial score (nSPS) is 18.6. The van der Waals surface area contributed by atoms with E-state index in [1.807, 2.05) is 4.90 Å². The lowest BCUT2D eigenvalue weighted by molar-refractivity contribution is 0.0604. The number of rotatable bonds is 3. The highest BCUT2D eigenvalue weighted by molar-refractivity contribution is 5.94. The van der Waals surface area contributed by atoms with E-state index in [0.717, 1.165) is 37.8 Å². The Kier molecular flexibility index (Phi) is 6.43. The molecule has 1 amide bonds. The van der Waals surface area contributed by atoms with Gasteiger partial charge in [0.05, 0.1) is 0 Å². The van der Waals surface area contributed by atoms with Gasteiger partial charge in [0.1, 0.15) is 5.82 Å². The summed E-state index contributed by atoms with van der Waals surface area (Å²) in [6.07, 6.45) is 3.97. The lowest BCUT2D eigenvalue weighted by Gasteiger charge is -2.35. The standard InChI is InChI=1S/C15H21FN2O.ClH/c1-11-8-12(10-13(16)9-11)15(19)18-7-3-2-4-14(18)5-6-17;/h8-10,14H,2-7,17H2,1H3;1H. The summed E-state index contributed by atoms with van der Waals surface area (Å²) in [6.45, 7) is 3.13. The van der Waals surface area contributed by atoms with Crippen molar-refractivity contribution in [1.29, 1.82) is 0 Å². The van der Waals surface area contributed by atoms with E-state index in [0.29, 0.717) is 12.1 Å². The Morgan fingerprint density at radius 1 is 1.40 bits per heavy atom. The maximum Gasteiger partial charge on any atom is 0.254 e. The van der Waals surface area contributed by atoms with Gasteiger partial charge in [0, 0.05) is 18.2 Å². The molecule has 1 aliphatic heterocycles. The van der Waals surface area contributed by atoms with Crippen molar-refractivity contribution in [2.75, 3.05) is 13.1 Å². The van der Waals surface area contributed by atoms with Crippen LogP contribution in [0.2, 0.25) is 0 Å². The molecule has 0 saturated carbocycles. The monoisotopic (exact) mass is 300 g/mol. The lowest BCUT2D eigenvalue weighted by atomic mass is 9.98. The van der Waals surface area contributed by atoms with E-state index in [1.165, 1.54) is 12.1 Å². The van der Waals surface area contributed by atoms with Gasteiger partial charge in [0.15, 0.2) is 0 Å². The highest BCUT2D eigenvalue weighted by atomic mass is 35.5.